The first-order chi connectivity index (χ1) is 14.8. The highest BCUT2D eigenvalue weighted by Crippen LogP contribution is 2.27. The van der Waals surface area contributed by atoms with Gasteiger partial charge in [-0.3, -0.25) is 19.5 Å². The molecule has 0 aliphatic heterocycles. The highest BCUT2D eigenvalue weighted by Gasteiger charge is 2.17. The number of benzene rings is 2. The van der Waals surface area contributed by atoms with Crippen LogP contribution in [0.15, 0.2) is 47.5 Å². The zero-order valence-electron chi connectivity index (χ0n) is 16.4. The van der Waals surface area contributed by atoms with Crippen molar-refractivity contribution in [1.29, 1.82) is 0 Å². The highest BCUT2D eigenvalue weighted by atomic mass is 35.5. The highest BCUT2D eigenvalue weighted by molar-refractivity contribution is 6.33. The summed E-state index contributed by atoms with van der Waals surface area (Å²) in [6, 6.07) is 8.60. The van der Waals surface area contributed by atoms with Gasteiger partial charge in [0.25, 0.3) is 11.2 Å². The third-order valence-corrected chi connectivity index (χ3v) is 4.59. The molecule has 1 aromatic heterocycles. The number of aliphatic hydroxyl groups excluding tert-OH is 1. The van der Waals surface area contributed by atoms with E-state index in [9.17, 15) is 24.8 Å². The first-order valence-electron chi connectivity index (χ1n) is 9.21. The molecule has 162 valence electrons. The molecule has 11 heteroatoms. The number of carbonyl (C=O) groups excluding carboxylic acids is 1. The fourth-order valence-electron chi connectivity index (χ4n) is 2.84. The number of carbonyl (C=O) groups is 1. The van der Waals surface area contributed by atoms with E-state index in [1.54, 1.807) is 25.1 Å². The molecule has 31 heavy (non-hydrogen) atoms. The lowest BCUT2D eigenvalue weighted by atomic mass is 10.2. The van der Waals surface area contributed by atoms with Crippen LogP contribution < -0.4 is 10.3 Å². The Bertz CT molecular complexity index is 1200. The lowest BCUT2D eigenvalue weighted by Crippen LogP contribution is -2.30. The second kappa shape index (κ2) is 9.54. The van der Waals surface area contributed by atoms with Crippen LogP contribution in [0.25, 0.3) is 10.9 Å². The van der Waals surface area contributed by atoms with Crippen LogP contribution >= 0.6 is 11.6 Å². The Labute approximate surface area is 180 Å². The van der Waals surface area contributed by atoms with E-state index >= 15 is 0 Å². The topological polar surface area (TPSA) is 134 Å². The second-order valence-electron chi connectivity index (χ2n) is 6.49. The molecule has 2 aromatic carbocycles. The SMILES string of the molecule is CCOC(=O)c1cccc(OCC(O)Cn2cnc3cc(Cl)c([N+](=O)[O-])cc3c2=O)c1. The van der Waals surface area contributed by atoms with Crippen molar-refractivity contribution in [2.75, 3.05) is 13.2 Å². The Hall–Kier alpha value is -3.50. The summed E-state index contributed by atoms with van der Waals surface area (Å²) in [5.74, 6) is -0.143. The number of ether oxygens (including phenoxy) is 2. The molecule has 0 saturated carbocycles. The predicted molar refractivity (Wildman–Crippen MR) is 112 cm³/mol. The summed E-state index contributed by atoms with van der Waals surface area (Å²) in [6.07, 6.45) is 0.128. The number of hydrogen-bond donors (Lipinski definition) is 1. The molecule has 1 N–H and O–H groups in total. The Morgan fingerprint density at radius 1 is 1.35 bits per heavy atom. The summed E-state index contributed by atoms with van der Waals surface area (Å²) in [5, 5.41) is 21.2. The van der Waals surface area contributed by atoms with Crippen LogP contribution in [0.4, 0.5) is 5.69 Å². The molecule has 0 amide bonds. The quantitative estimate of drug-likeness (QED) is 0.316. The molecular weight excluding hydrogens is 430 g/mol. The smallest absolute Gasteiger partial charge is 0.338 e. The van der Waals surface area contributed by atoms with Gasteiger partial charge in [-0.1, -0.05) is 17.7 Å². The van der Waals surface area contributed by atoms with Gasteiger partial charge in [-0.2, -0.15) is 0 Å². The van der Waals surface area contributed by atoms with E-state index in [2.05, 4.69) is 4.98 Å². The van der Waals surface area contributed by atoms with Crippen molar-refractivity contribution in [2.45, 2.75) is 19.6 Å². The summed E-state index contributed by atoms with van der Waals surface area (Å²) < 4.78 is 11.6. The molecule has 3 rings (SSSR count). The summed E-state index contributed by atoms with van der Waals surface area (Å²) in [4.78, 5) is 38.9. The molecular formula is C20H18ClN3O7. The van der Waals surface area contributed by atoms with Crippen molar-refractivity contribution in [3.63, 3.8) is 0 Å². The normalized spacial score (nSPS) is 11.8. The zero-order chi connectivity index (χ0) is 22.5. The first-order valence-corrected chi connectivity index (χ1v) is 9.59. The Morgan fingerprint density at radius 2 is 2.13 bits per heavy atom. The largest absolute Gasteiger partial charge is 0.491 e. The lowest BCUT2D eigenvalue weighted by Gasteiger charge is -2.14. The van der Waals surface area contributed by atoms with Gasteiger partial charge >= 0.3 is 5.97 Å². The van der Waals surface area contributed by atoms with Gasteiger partial charge < -0.3 is 14.6 Å². The van der Waals surface area contributed by atoms with E-state index in [0.717, 1.165) is 10.6 Å². The predicted octanol–water partition coefficient (Wildman–Crippen LogP) is 2.57. The number of aromatic nitrogens is 2. The lowest BCUT2D eigenvalue weighted by molar-refractivity contribution is -0.384. The summed E-state index contributed by atoms with van der Waals surface area (Å²) >= 11 is 5.85. The Kier molecular flexibility index (Phi) is 6.83. The van der Waals surface area contributed by atoms with Crippen molar-refractivity contribution in [2.24, 2.45) is 0 Å². The fraction of sp³-hybridized carbons (Fsp3) is 0.250. The molecule has 0 aliphatic rings. The molecule has 1 heterocycles. The minimum Gasteiger partial charge on any atom is -0.491 e. The van der Waals surface area contributed by atoms with Crippen LogP contribution in [0.2, 0.25) is 5.02 Å². The monoisotopic (exact) mass is 447 g/mol. The van der Waals surface area contributed by atoms with Crippen LogP contribution in [-0.2, 0) is 11.3 Å². The molecule has 0 fully saturated rings. The molecule has 1 unspecified atom stereocenters. The molecule has 0 spiro atoms. The molecule has 0 aliphatic carbocycles. The van der Waals surface area contributed by atoms with Crippen LogP contribution in [0, 0.1) is 10.1 Å². The number of esters is 1. The molecule has 0 saturated heterocycles. The second-order valence-corrected chi connectivity index (χ2v) is 6.90. The summed E-state index contributed by atoms with van der Waals surface area (Å²) in [5.41, 5.74) is -0.452. The van der Waals surface area contributed by atoms with Crippen molar-refractivity contribution >= 4 is 34.2 Å². The maximum atomic E-state index is 12.7. The molecule has 10 nitrogen and oxygen atoms in total. The van der Waals surface area contributed by atoms with E-state index in [4.69, 9.17) is 21.1 Å². The van der Waals surface area contributed by atoms with Crippen LogP contribution in [0.5, 0.6) is 5.75 Å². The maximum absolute atomic E-state index is 12.7. The van der Waals surface area contributed by atoms with Crippen LogP contribution in [0.1, 0.15) is 17.3 Å². The van der Waals surface area contributed by atoms with Crippen molar-refractivity contribution in [3.8, 4) is 5.75 Å². The van der Waals surface area contributed by atoms with Gasteiger partial charge in [0.1, 0.15) is 23.5 Å². The van der Waals surface area contributed by atoms with Gasteiger partial charge in [-0.05, 0) is 31.2 Å². The number of hydrogen-bond acceptors (Lipinski definition) is 8. The Morgan fingerprint density at radius 3 is 2.84 bits per heavy atom. The van der Waals surface area contributed by atoms with Crippen LogP contribution in [0.3, 0.4) is 0 Å². The fourth-order valence-corrected chi connectivity index (χ4v) is 3.06. The number of fused-ring (bicyclic) bond motifs is 1. The van der Waals surface area contributed by atoms with E-state index in [-0.39, 0.29) is 35.7 Å². The average Bonchev–Trinajstić information content (AvgIpc) is 2.74. The minimum absolute atomic E-state index is 0.00820. The third kappa shape index (κ3) is 5.16. The number of aliphatic hydroxyl groups is 1. The summed E-state index contributed by atoms with van der Waals surface area (Å²) in [7, 11) is 0. The average molecular weight is 448 g/mol. The van der Waals surface area contributed by atoms with E-state index in [1.807, 2.05) is 0 Å². The van der Waals surface area contributed by atoms with E-state index in [1.165, 1.54) is 18.5 Å². The van der Waals surface area contributed by atoms with Gasteiger partial charge in [0, 0.05) is 6.07 Å². The molecule has 1 atom stereocenters. The number of halogens is 1. The van der Waals surface area contributed by atoms with Gasteiger partial charge in [-0.25, -0.2) is 9.78 Å². The zero-order valence-corrected chi connectivity index (χ0v) is 17.1. The minimum atomic E-state index is -1.09. The number of nitro benzene ring substituents is 1. The number of rotatable bonds is 8. The standard InChI is InChI=1S/C20H18ClN3O7/c1-2-30-20(27)12-4-3-5-14(6-12)31-10-13(25)9-23-11-22-17-8-16(21)18(24(28)29)7-15(17)19(23)26/h3-8,11,13,25H,2,9-10H2,1H3. The van der Waals surface area contributed by atoms with E-state index in [0.29, 0.717) is 11.3 Å². The molecule has 3 aromatic rings. The van der Waals surface area contributed by atoms with Gasteiger partial charge in [-0.15, -0.1) is 0 Å². The number of nitro groups is 1. The van der Waals surface area contributed by atoms with E-state index < -0.39 is 28.2 Å². The van der Waals surface area contributed by atoms with Gasteiger partial charge in [0.05, 0.1) is 40.9 Å². The van der Waals surface area contributed by atoms with Crippen LogP contribution in [-0.4, -0.2) is 44.9 Å². The number of nitrogens with zero attached hydrogens (tertiary/aromatic N) is 3. The summed E-state index contributed by atoms with van der Waals surface area (Å²) in [6.45, 7) is 1.62. The third-order valence-electron chi connectivity index (χ3n) is 4.28. The van der Waals surface area contributed by atoms with Crippen molar-refractivity contribution in [3.05, 3.63) is 73.8 Å². The first kappa shape index (κ1) is 22.2. The maximum Gasteiger partial charge on any atom is 0.338 e. The van der Waals surface area contributed by atoms with Gasteiger partial charge in [0.15, 0.2) is 0 Å². The van der Waals surface area contributed by atoms with Crippen molar-refractivity contribution in [1.82, 2.24) is 9.55 Å². The van der Waals surface area contributed by atoms with Crippen molar-refractivity contribution < 1.29 is 24.3 Å². The molecule has 0 radical (unpaired) electrons. The van der Waals surface area contributed by atoms with Gasteiger partial charge in [0.2, 0.25) is 0 Å². The molecule has 0 bridgehead atoms. The Balaban J connectivity index is 1.73.